The summed E-state index contributed by atoms with van der Waals surface area (Å²) in [6.45, 7) is 4.48. The highest BCUT2D eigenvalue weighted by Gasteiger charge is 2.40. The van der Waals surface area contributed by atoms with E-state index >= 15 is 0 Å². The summed E-state index contributed by atoms with van der Waals surface area (Å²) in [5, 5.41) is 10.8. The highest BCUT2D eigenvalue weighted by atomic mass is 35.5. The molecule has 1 unspecified atom stereocenters. The summed E-state index contributed by atoms with van der Waals surface area (Å²) in [5.74, 6) is 0.151. The average Bonchev–Trinajstić information content (AvgIpc) is 3.15. The van der Waals surface area contributed by atoms with Gasteiger partial charge in [0.1, 0.15) is 11.9 Å². The SMILES string of the molecule is Cn1c(=O)c2c(-c3ccc(Cl)cc3)n3c(c2n(C)c1=O)C(c1ccc(O)cc1)OCC3(C)C. The van der Waals surface area contributed by atoms with Gasteiger partial charge in [0.05, 0.1) is 34.4 Å². The molecule has 0 saturated heterocycles. The molecule has 33 heavy (non-hydrogen) atoms. The van der Waals surface area contributed by atoms with Gasteiger partial charge in [0.15, 0.2) is 0 Å². The van der Waals surface area contributed by atoms with E-state index in [9.17, 15) is 14.7 Å². The summed E-state index contributed by atoms with van der Waals surface area (Å²) in [7, 11) is 3.16. The van der Waals surface area contributed by atoms with Gasteiger partial charge in [0.25, 0.3) is 5.56 Å². The van der Waals surface area contributed by atoms with Crippen LogP contribution in [0.5, 0.6) is 5.75 Å². The minimum Gasteiger partial charge on any atom is -0.508 e. The van der Waals surface area contributed by atoms with Gasteiger partial charge < -0.3 is 14.4 Å². The van der Waals surface area contributed by atoms with Crippen molar-refractivity contribution >= 4 is 22.5 Å². The minimum atomic E-state index is -0.528. The van der Waals surface area contributed by atoms with Crippen LogP contribution in [-0.2, 0) is 24.4 Å². The van der Waals surface area contributed by atoms with Gasteiger partial charge in [0, 0.05) is 19.1 Å². The van der Waals surface area contributed by atoms with Gasteiger partial charge in [-0.05, 0) is 49.2 Å². The Morgan fingerprint density at radius 2 is 1.64 bits per heavy atom. The van der Waals surface area contributed by atoms with Crippen molar-refractivity contribution in [3.05, 3.63) is 85.6 Å². The Morgan fingerprint density at radius 3 is 2.27 bits per heavy atom. The third kappa shape index (κ3) is 3.14. The number of benzene rings is 2. The second-order valence-electron chi connectivity index (χ2n) is 9.10. The first-order valence-corrected chi connectivity index (χ1v) is 11.0. The van der Waals surface area contributed by atoms with Crippen molar-refractivity contribution in [2.75, 3.05) is 6.61 Å². The van der Waals surface area contributed by atoms with Crippen molar-refractivity contribution in [1.82, 2.24) is 13.7 Å². The van der Waals surface area contributed by atoms with E-state index in [0.717, 1.165) is 27.1 Å². The molecule has 8 heteroatoms. The Hall–Kier alpha value is -3.29. The number of hydrogen-bond acceptors (Lipinski definition) is 4. The number of nitrogens with zero attached hydrogens (tertiary/aromatic N) is 3. The average molecular weight is 466 g/mol. The number of hydrogen-bond donors (Lipinski definition) is 1. The molecule has 0 amide bonds. The second kappa shape index (κ2) is 7.37. The topological polar surface area (TPSA) is 78.4 Å². The highest BCUT2D eigenvalue weighted by molar-refractivity contribution is 6.30. The third-order valence-corrected chi connectivity index (χ3v) is 6.63. The second-order valence-corrected chi connectivity index (χ2v) is 9.54. The lowest BCUT2D eigenvalue weighted by molar-refractivity contribution is -0.00708. The van der Waals surface area contributed by atoms with Gasteiger partial charge in [-0.2, -0.15) is 0 Å². The maximum Gasteiger partial charge on any atom is 0.331 e. The summed E-state index contributed by atoms with van der Waals surface area (Å²) in [6.07, 6.45) is -0.528. The van der Waals surface area contributed by atoms with Gasteiger partial charge in [0.2, 0.25) is 0 Å². The van der Waals surface area contributed by atoms with Crippen molar-refractivity contribution in [3.63, 3.8) is 0 Å². The van der Waals surface area contributed by atoms with Crippen molar-refractivity contribution in [1.29, 1.82) is 0 Å². The van der Waals surface area contributed by atoms with Crippen molar-refractivity contribution in [2.24, 2.45) is 14.1 Å². The quantitative estimate of drug-likeness (QED) is 0.486. The molecular weight excluding hydrogens is 442 g/mol. The van der Waals surface area contributed by atoms with E-state index in [1.165, 1.54) is 11.6 Å². The molecule has 0 bridgehead atoms. The molecule has 2 aromatic carbocycles. The first-order chi connectivity index (χ1) is 15.6. The number of rotatable bonds is 2. The molecule has 1 N–H and O–H groups in total. The van der Waals surface area contributed by atoms with Crippen LogP contribution in [0.2, 0.25) is 5.02 Å². The minimum absolute atomic E-state index is 0.151. The largest absolute Gasteiger partial charge is 0.508 e. The van der Waals surface area contributed by atoms with Crippen LogP contribution >= 0.6 is 11.6 Å². The molecule has 170 valence electrons. The lowest BCUT2D eigenvalue weighted by Gasteiger charge is -2.39. The number of aryl methyl sites for hydroxylation is 1. The fourth-order valence-corrected chi connectivity index (χ4v) is 4.91. The number of halogens is 1. The maximum atomic E-state index is 13.5. The summed E-state index contributed by atoms with van der Waals surface area (Å²) < 4.78 is 11.1. The molecule has 2 aromatic heterocycles. The van der Waals surface area contributed by atoms with Crippen molar-refractivity contribution in [3.8, 4) is 17.0 Å². The zero-order chi connectivity index (χ0) is 23.7. The summed E-state index contributed by atoms with van der Waals surface area (Å²) in [4.78, 5) is 26.5. The van der Waals surface area contributed by atoms with E-state index in [0.29, 0.717) is 22.5 Å². The number of ether oxygens (including phenoxy) is 1. The van der Waals surface area contributed by atoms with Gasteiger partial charge in [-0.15, -0.1) is 0 Å². The van der Waals surface area contributed by atoms with Crippen LogP contribution < -0.4 is 11.2 Å². The molecular formula is C25H24ClN3O4. The molecule has 0 spiro atoms. The fourth-order valence-electron chi connectivity index (χ4n) is 4.78. The molecule has 3 heterocycles. The molecule has 1 aliphatic heterocycles. The fraction of sp³-hybridized carbons (Fsp3) is 0.280. The molecule has 1 aliphatic rings. The molecule has 1 atom stereocenters. The number of aromatic nitrogens is 3. The van der Waals surface area contributed by atoms with Crippen molar-refractivity contribution in [2.45, 2.75) is 25.5 Å². The number of phenolic OH excluding ortho intramolecular Hbond substituents is 1. The van der Waals surface area contributed by atoms with Gasteiger partial charge >= 0.3 is 5.69 Å². The molecule has 5 rings (SSSR count). The Bertz CT molecular complexity index is 1510. The number of phenols is 1. The summed E-state index contributed by atoms with van der Waals surface area (Å²) >= 11 is 6.15. The number of aromatic hydroxyl groups is 1. The highest BCUT2D eigenvalue weighted by Crippen LogP contribution is 2.45. The van der Waals surface area contributed by atoms with E-state index < -0.39 is 17.3 Å². The Kier molecular flexibility index (Phi) is 4.81. The summed E-state index contributed by atoms with van der Waals surface area (Å²) in [5.41, 5.74) is 2.37. The molecule has 0 fully saturated rings. The monoisotopic (exact) mass is 465 g/mol. The predicted molar refractivity (Wildman–Crippen MR) is 128 cm³/mol. The van der Waals surface area contributed by atoms with Crippen LogP contribution in [0.1, 0.15) is 31.2 Å². The molecule has 7 nitrogen and oxygen atoms in total. The lowest BCUT2D eigenvalue weighted by Crippen LogP contribution is -2.40. The normalized spacial score (nSPS) is 17.3. The Morgan fingerprint density at radius 1 is 1.00 bits per heavy atom. The zero-order valence-corrected chi connectivity index (χ0v) is 19.6. The predicted octanol–water partition coefficient (Wildman–Crippen LogP) is 3.92. The van der Waals surface area contributed by atoms with Crippen LogP contribution in [0.4, 0.5) is 0 Å². The molecule has 4 aromatic rings. The van der Waals surface area contributed by atoms with Crippen LogP contribution in [-0.4, -0.2) is 25.4 Å². The standard InChI is InChI=1S/C25H24ClN3O4/c1-25(2)13-33-22(15-7-11-17(30)12-8-15)21-20-18(23(31)28(4)24(32)27(20)3)19(29(21)25)14-5-9-16(26)10-6-14/h5-12,22,30H,13H2,1-4H3. The van der Waals surface area contributed by atoms with Crippen LogP contribution in [0.15, 0.2) is 58.1 Å². The number of fused-ring (bicyclic) bond motifs is 3. The first-order valence-electron chi connectivity index (χ1n) is 10.6. The smallest absolute Gasteiger partial charge is 0.331 e. The molecule has 0 radical (unpaired) electrons. The first kappa shape index (κ1) is 21.6. The maximum absolute atomic E-state index is 13.5. The van der Waals surface area contributed by atoms with Gasteiger partial charge in [-0.25, -0.2) is 4.79 Å². The molecule has 0 aliphatic carbocycles. The van der Waals surface area contributed by atoms with Crippen molar-refractivity contribution < 1.29 is 9.84 Å². The van der Waals surface area contributed by atoms with Crippen LogP contribution in [0, 0.1) is 0 Å². The summed E-state index contributed by atoms with van der Waals surface area (Å²) in [6, 6.07) is 14.1. The zero-order valence-electron chi connectivity index (χ0n) is 18.8. The van der Waals surface area contributed by atoms with Crippen LogP contribution in [0.3, 0.4) is 0 Å². The molecule has 0 saturated carbocycles. The lowest BCUT2D eigenvalue weighted by atomic mass is 9.98. The van der Waals surface area contributed by atoms with E-state index in [-0.39, 0.29) is 11.3 Å². The van der Waals surface area contributed by atoms with E-state index in [2.05, 4.69) is 4.57 Å². The Labute approximate surface area is 195 Å². The van der Waals surface area contributed by atoms with Gasteiger partial charge in [-0.1, -0.05) is 35.9 Å². The van der Waals surface area contributed by atoms with Crippen LogP contribution in [0.25, 0.3) is 22.2 Å². The van der Waals surface area contributed by atoms with E-state index in [4.69, 9.17) is 16.3 Å². The van der Waals surface area contributed by atoms with E-state index in [1.807, 2.05) is 26.0 Å². The van der Waals surface area contributed by atoms with E-state index in [1.54, 1.807) is 43.4 Å². The Balaban J connectivity index is 2.00. The van der Waals surface area contributed by atoms with Gasteiger partial charge in [-0.3, -0.25) is 13.9 Å². The third-order valence-electron chi connectivity index (χ3n) is 6.38.